The van der Waals surface area contributed by atoms with Crippen LogP contribution in [0.25, 0.3) is 22.0 Å². The molecule has 5 rings (SSSR count). The first-order valence-electron chi connectivity index (χ1n) is 10.3. The second kappa shape index (κ2) is 8.36. The molecular weight excluding hydrogens is 408 g/mol. The maximum Gasteiger partial charge on any atom is 0.255 e. The van der Waals surface area contributed by atoms with E-state index < -0.39 is 0 Å². The van der Waals surface area contributed by atoms with Crippen LogP contribution in [0.15, 0.2) is 78.9 Å². The fourth-order valence-corrected chi connectivity index (χ4v) is 4.28. The van der Waals surface area contributed by atoms with E-state index in [1.807, 2.05) is 47.4 Å². The van der Waals surface area contributed by atoms with Gasteiger partial charge >= 0.3 is 0 Å². The summed E-state index contributed by atoms with van der Waals surface area (Å²) in [6.45, 7) is 2.61. The number of piperazine rings is 1. The smallest absolute Gasteiger partial charge is 0.255 e. The second-order valence-electron chi connectivity index (χ2n) is 7.54. The molecule has 0 aliphatic carbocycles. The summed E-state index contributed by atoms with van der Waals surface area (Å²) in [6, 6.07) is 25.6. The van der Waals surface area contributed by atoms with E-state index in [1.54, 1.807) is 12.1 Å². The molecule has 6 heteroatoms. The molecule has 4 aromatic rings. The van der Waals surface area contributed by atoms with Gasteiger partial charge in [0, 0.05) is 42.5 Å². The predicted octanol–water partition coefficient (Wildman–Crippen LogP) is 4.91. The first kappa shape index (κ1) is 19.5. The van der Waals surface area contributed by atoms with Gasteiger partial charge in [0.25, 0.3) is 5.91 Å². The van der Waals surface area contributed by atoms with Crippen LogP contribution in [0.1, 0.15) is 10.4 Å². The lowest BCUT2D eigenvalue weighted by molar-refractivity contribution is 0.0747. The summed E-state index contributed by atoms with van der Waals surface area (Å²) in [6.07, 6.45) is 0. The molecule has 5 nitrogen and oxygen atoms in total. The third-order valence-corrected chi connectivity index (χ3v) is 6.02. The molecule has 0 saturated carbocycles. The molecule has 1 amide bonds. The topological polar surface area (TPSA) is 49.3 Å². The van der Waals surface area contributed by atoms with Crippen LogP contribution in [0.5, 0.6) is 0 Å². The second-order valence-corrected chi connectivity index (χ2v) is 7.95. The minimum absolute atomic E-state index is 0.0272. The SMILES string of the molecule is O=C(c1ccccc1Cl)N1CCN(c2nnc(-c3ccccc3)c3ccccc23)CC1. The molecule has 3 aromatic carbocycles. The van der Waals surface area contributed by atoms with Crippen LogP contribution in [0.2, 0.25) is 5.02 Å². The quantitative estimate of drug-likeness (QED) is 0.465. The van der Waals surface area contributed by atoms with Crippen molar-refractivity contribution in [1.82, 2.24) is 15.1 Å². The molecule has 1 aromatic heterocycles. The Bertz CT molecular complexity index is 1240. The van der Waals surface area contributed by atoms with Crippen molar-refractivity contribution in [1.29, 1.82) is 0 Å². The number of carbonyl (C=O) groups is 1. The van der Waals surface area contributed by atoms with Crippen molar-refractivity contribution in [3.05, 3.63) is 89.4 Å². The molecule has 0 spiro atoms. The van der Waals surface area contributed by atoms with Crippen LogP contribution in [0.4, 0.5) is 5.82 Å². The molecule has 0 bridgehead atoms. The summed E-state index contributed by atoms with van der Waals surface area (Å²) in [5, 5.41) is 11.8. The van der Waals surface area contributed by atoms with Gasteiger partial charge < -0.3 is 9.80 Å². The summed E-state index contributed by atoms with van der Waals surface area (Å²) in [7, 11) is 0. The van der Waals surface area contributed by atoms with Crippen molar-refractivity contribution in [2.75, 3.05) is 31.1 Å². The Labute approximate surface area is 185 Å². The standard InChI is InChI=1S/C25H21ClN4O/c26-22-13-7-6-12-21(22)25(31)30-16-14-29(15-17-30)24-20-11-5-4-10-19(20)23(27-28-24)18-8-2-1-3-9-18/h1-13H,14-17H2. The minimum Gasteiger partial charge on any atom is -0.351 e. The third-order valence-electron chi connectivity index (χ3n) is 5.69. The predicted molar refractivity (Wildman–Crippen MR) is 125 cm³/mol. The number of halogens is 1. The number of hydrogen-bond acceptors (Lipinski definition) is 4. The maximum absolute atomic E-state index is 12.9. The zero-order chi connectivity index (χ0) is 21.2. The zero-order valence-corrected chi connectivity index (χ0v) is 17.7. The molecule has 1 aliphatic heterocycles. The van der Waals surface area contributed by atoms with Gasteiger partial charge in [-0.25, -0.2) is 0 Å². The lowest BCUT2D eigenvalue weighted by Crippen LogP contribution is -2.49. The summed E-state index contributed by atoms with van der Waals surface area (Å²) in [5.74, 6) is 0.834. The van der Waals surface area contributed by atoms with Gasteiger partial charge in [-0.3, -0.25) is 4.79 Å². The van der Waals surface area contributed by atoms with E-state index in [-0.39, 0.29) is 5.91 Å². The van der Waals surface area contributed by atoms with Gasteiger partial charge in [0.1, 0.15) is 5.69 Å². The van der Waals surface area contributed by atoms with Gasteiger partial charge in [0.2, 0.25) is 0 Å². The number of aromatic nitrogens is 2. The van der Waals surface area contributed by atoms with E-state index in [0.29, 0.717) is 36.8 Å². The van der Waals surface area contributed by atoms with Crippen molar-refractivity contribution < 1.29 is 4.79 Å². The van der Waals surface area contributed by atoms with Crippen molar-refractivity contribution >= 4 is 34.1 Å². The van der Waals surface area contributed by atoms with E-state index in [4.69, 9.17) is 11.6 Å². The van der Waals surface area contributed by atoms with E-state index in [1.165, 1.54) is 0 Å². The fraction of sp³-hybridized carbons (Fsp3) is 0.160. The Kier molecular flexibility index (Phi) is 5.26. The van der Waals surface area contributed by atoms with E-state index in [0.717, 1.165) is 27.8 Å². The zero-order valence-electron chi connectivity index (χ0n) is 16.9. The van der Waals surface area contributed by atoms with Gasteiger partial charge in [0.15, 0.2) is 5.82 Å². The van der Waals surface area contributed by atoms with Crippen LogP contribution in [-0.2, 0) is 0 Å². The van der Waals surface area contributed by atoms with Gasteiger partial charge in [-0.1, -0.05) is 78.3 Å². The van der Waals surface area contributed by atoms with Crippen LogP contribution in [0.3, 0.4) is 0 Å². The molecule has 31 heavy (non-hydrogen) atoms. The minimum atomic E-state index is -0.0272. The average molecular weight is 429 g/mol. The monoisotopic (exact) mass is 428 g/mol. The van der Waals surface area contributed by atoms with Crippen LogP contribution in [0, 0.1) is 0 Å². The Morgan fingerprint density at radius 3 is 2.13 bits per heavy atom. The largest absolute Gasteiger partial charge is 0.351 e. The van der Waals surface area contributed by atoms with Crippen molar-refractivity contribution in [3.63, 3.8) is 0 Å². The van der Waals surface area contributed by atoms with E-state index >= 15 is 0 Å². The fourth-order valence-electron chi connectivity index (χ4n) is 4.06. The summed E-state index contributed by atoms with van der Waals surface area (Å²) >= 11 is 6.22. The highest BCUT2D eigenvalue weighted by Crippen LogP contribution is 2.31. The molecule has 1 aliphatic rings. The first-order chi connectivity index (χ1) is 15.2. The van der Waals surface area contributed by atoms with Crippen LogP contribution in [-0.4, -0.2) is 47.2 Å². The lowest BCUT2D eigenvalue weighted by atomic mass is 10.0. The molecular formula is C25H21ClN4O. The first-order valence-corrected chi connectivity index (χ1v) is 10.7. The van der Waals surface area contributed by atoms with Gasteiger partial charge in [-0.2, -0.15) is 0 Å². The number of fused-ring (bicyclic) bond motifs is 1. The van der Waals surface area contributed by atoms with E-state index in [2.05, 4.69) is 39.4 Å². The number of hydrogen-bond donors (Lipinski definition) is 0. The molecule has 0 radical (unpaired) electrons. The molecule has 0 atom stereocenters. The Hall–Kier alpha value is -3.44. The van der Waals surface area contributed by atoms with E-state index in [9.17, 15) is 4.79 Å². The summed E-state index contributed by atoms with van der Waals surface area (Å²) < 4.78 is 0. The Morgan fingerprint density at radius 2 is 1.39 bits per heavy atom. The third kappa shape index (κ3) is 3.73. The van der Waals surface area contributed by atoms with Gasteiger partial charge in [-0.05, 0) is 12.1 Å². The maximum atomic E-state index is 12.9. The number of benzene rings is 3. The van der Waals surface area contributed by atoms with Crippen molar-refractivity contribution in [2.24, 2.45) is 0 Å². The Balaban J connectivity index is 1.41. The number of nitrogens with zero attached hydrogens (tertiary/aromatic N) is 4. The average Bonchev–Trinajstić information content (AvgIpc) is 2.84. The lowest BCUT2D eigenvalue weighted by Gasteiger charge is -2.35. The number of amides is 1. The molecule has 1 fully saturated rings. The number of rotatable bonds is 3. The van der Waals surface area contributed by atoms with Crippen LogP contribution >= 0.6 is 11.6 Å². The van der Waals surface area contributed by atoms with Crippen LogP contribution < -0.4 is 4.90 Å². The molecule has 2 heterocycles. The van der Waals surface area contributed by atoms with Crippen molar-refractivity contribution in [3.8, 4) is 11.3 Å². The summed E-state index contributed by atoms with van der Waals surface area (Å²) in [5.41, 5.74) is 2.48. The van der Waals surface area contributed by atoms with Crippen molar-refractivity contribution in [2.45, 2.75) is 0 Å². The summed E-state index contributed by atoms with van der Waals surface area (Å²) in [4.78, 5) is 16.9. The number of anilines is 1. The normalized spacial score (nSPS) is 14.1. The highest BCUT2D eigenvalue weighted by atomic mass is 35.5. The highest BCUT2D eigenvalue weighted by Gasteiger charge is 2.25. The van der Waals surface area contributed by atoms with Gasteiger partial charge in [0.05, 0.1) is 10.6 Å². The Morgan fingerprint density at radius 1 is 0.742 bits per heavy atom. The highest BCUT2D eigenvalue weighted by molar-refractivity contribution is 6.33. The molecule has 0 N–H and O–H groups in total. The molecule has 1 saturated heterocycles. The van der Waals surface area contributed by atoms with Gasteiger partial charge in [-0.15, -0.1) is 10.2 Å². The molecule has 154 valence electrons. The molecule has 0 unspecified atom stereocenters. The number of carbonyl (C=O) groups excluding carboxylic acids is 1.